The van der Waals surface area contributed by atoms with E-state index in [2.05, 4.69) is 60.8 Å². The highest BCUT2D eigenvalue weighted by Gasteiger charge is 2.54. The van der Waals surface area contributed by atoms with Gasteiger partial charge in [-0.05, 0) is 61.9 Å². The van der Waals surface area contributed by atoms with Gasteiger partial charge < -0.3 is 10.1 Å². The minimum Gasteiger partial charge on any atom is -0.373 e. The molecule has 2 fully saturated rings. The number of aromatic nitrogens is 2. The van der Waals surface area contributed by atoms with Gasteiger partial charge in [0.25, 0.3) is 0 Å². The predicted octanol–water partition coefficient (Wildman–Crippen LogP) is 4.53. The van der Waals surface area contributed by atoms with Crippen molar-refractivity contribution in [3.05, 3.63) is 65.4 Å². The first kappa shape index (κ1) is 17.2. The zero-order chi connectivity index (χ0) is 18.4. The average molecular weight is 349 g/mol. The molecule has 4 heteroatoms. The van der Waals surface area contributed by atoms with E-state index < -0.39 is 0 Å². The van der Waals surface area contributed by atoms with Gasteiger partial charge in [-0.3, -0.25) is 0 Å². The van der Waals surface area contributed by atoms with Crippen LogP contribution < -0.4 is 5.32 Å². The number of rotatable bonds is 4. The Bertz CT molecular complexity index is 830. The molecular weight excluding hydrogens is 322 g/mol. The topological polar surface area (TPSA) is 47.0 Å². The van der Waals surface area contributed by atoms with E-state index in [1.807, 2.05) is 19.3 Å². The molecule has 2 bridgehead atoms. The third-order valence-corrected chi connectivity index (χ3v) is 6.04. The lowest BCUT2D eigenvalue weighted by molar-refractivity contribution is 0.0854. The van der Waals surface area contributed by atoms with Gasteiger partial charge in [-0.25, -0.2) is 9.97 Å². The number of nitrogens with zero attached hydrogens (tertiary/aromatic N) is 2. The molecule has 0 spiro atoms. The lowest BCUT2D eigenvalue weighted by atomic mass is 9.71. The Kier molecular flexibility index (Phi) is 4.31. The minimum atomic E-state index is 0.216. The Morgan fingerprint density at radius 3 is 2.58 bits per heavy atom. The van der Waals surface area contributed by atoms with Crippen molar-refractivity contribution in [3.8, 4) is 0 Å². The van der Waals surface area contributed by atoms with Crippen LogP contribution in [0.15, 0.2) is 42.9 Å². The molecule has 1 N–H and O–H groups in total. The molecule has 1 aromatic carbocycles. The summed E-state index contributed by atoms with van der Waals surface area (Å²) in [5.74, 6) is 1.85. The quantitative estimate of drug-likeness (QED) is 0.881. The molecule has 0 radical (unpaired) electrons. The second-order valence-electron chi connectivity index (χ2n) is 7.92. The SMILES string of the molecule is C=C(Nc1ccc(C)c(C)c1)C1C2CC(C)C(O2)C1c1cnc(C)nc1. The molecule has 2 aliphatic rings. The zero-order valence-corrected chi connectivity index (χ0v) is 16.0. The molecule has 0 amide bonds. The van der Waals surface area contributed by atoms with E-state index in [4.69, 9.17) is 4.74 Å². The van der Waals surface area contributed by atoms with Gasteiger partial charge in [0, 0.05) is 35.6 Å². The number of hydrogen-bond donors (Lipinski definition) is 1. The Balaban J connectivity index is 1.61. The molecule has 0 saturated carbocycles. The summed E-state index contributed by atoms with van der Waals surface area (Å²) in [6.45, 7) is 12.9. The lowest BCUT2D eigenvalue weighted by Crippen LogP contribution is -2.33. The van der Waals surface area contributed by atoms with Gasteiger partial charge in [-0.15, -0.1) is 0 Å². The van der Waals surface area contributed by atoms with Crippen LogP contribution in [0.2, 0.25) is 0 Å². The van der Waals surface area contributed by atoms with Crippen molar-refractivity contribution in [2.24, 2.45) is 11.8 Å². The summed E-state index contributed by atoms with van der Waals surface area (Å²) in [7, 11) is 0. The molecule has 4 rings (SSSR count). The average Bonchev–Trinajstić information content (AvgIpc) is 3.16. The molecule has 1 aromatic heterocycles. The molecule has 4 nitrogen and oxygen atoms in total. The van der Waals surface area contributed by atoms with Gasteiger partial charge in [0.2, 0.25) is 0 Å². The summed E-state index contributed by atoms with van der Waals surface area (Å²) in [4.78, 5) is 8.83. The molecular formula is C22H27N3O. The van der Waals surface area contributed by atoms with E-state index in [9.17, 15) is 0 Å². The fourth-order valence-corrected chi connectivity index (χ4v) is 4.50. The molecule has 26 heavy (non-hydrogen) atoms. The van der Waals surface area contributed by atoms with Crippen LogP contribution in [0.4, 0.5) is 5.69 Å². The smallest absolute Gasteiger partial charge is 0.125 e. The van der Waals surface area contributed by atoms with Crippen molar-refractivity contribution in [2.45, 2.75) is 52.2 Å². The maximum Gasteiger partial charge on any atom is 0.125 e. The van der Waals surface area contributed by atoms with Crippen molar-refractivity contribution >= 4 is 5.69 Å². The second kappa shape index (κ2) is 6.51. The van der Waals surface area contributed by atoms with Crippen LogP contribution in [0.1, 0.15) is 41.8 Å². The Labute approximate surface area is 155 Å². The maximum absolute atomic E-state index is 6.34. The van der Waals surface area contributed by atoms with E-state index >= 15 is 0 Å². The molecule has 5 unspecified atom stereocenters. The summed E-state index contributed by atoms with van der Waals surface area (Å²) < 4.78 is 6.34. The van der Waals surface area contributed by atoms with Gasteiger partial charge in [0.1, 0.15) is 5.82 Å². The molecule has 3 heterocycles. The third-order valence-electron chi connectivity index (χ3n) is 6.04. The summed E-state index contributed by atoms with van der Waals surface area (Å²) in [5.41, 5.74) is 5.85. The number of aryl methyl sites for hydroxylation is 3. The second-order valence-corrected chi connectivity index (χ2v) is 7.92. The van der Waals surface area contributed by atoms with Crippen LogP contribution in [-0.2, 0) is 4.74 Å². The highest BCUT2D eigenvalue weighted by Crippen LogP contribution is 2.53. The van der Waals surface area contributed by atoms with Crippen LogP contribution in [0.5, 0.6) is 0 Å². The van der Waals surface area contributed by atoms with E-state index in [0.29, 0.717) is 5.92 Å². The lowest BCUT2D eigenvalue weighted by Gasteiger charge is -2.33. The Morgan fingerprint density at radius 2 is 1.88 bits per heavy atom. The first-order valence-corrected chi connectivity index (χ1v) is 9.41. The van der Waals surface area contributed by atoms with Crippen molar-refractivity contribution < 1.29 is 4.74 Å². The van der Waals surface area contributed by atoms with Gasteiger partial charge in [-0.2, -0.15) is 0 Å². The highest BCUT2D eigenvalue weighted by atomic mass is 16.5. The predicted molar refractivity (Wildman–Crippen MR) is 104 cm³/mol. The molecule has 2 saturated heterocycles. The van der Waals surface area contributed by atoms with Gasteiger partial charge in [0.15, 0.2) is 0 Å². The summed E-state index contributed by atoms with van der Waals surface area (Å²) in [6, 6.07) is 6.45. The Morgan fingerprint density at radius 1 is 1.15 bits per heavy atom. The maximum atomic E-state index is 6.34. The molecule has 2 aliphatic heterocycles. The zero-order valence-electron chi connectivity index (χ0n) is 16.0. The van der Waals surface area contributed by atoms with Crippen LogP contribution in [0.3, 0.4) is 0 Å². The standard InChI is InChI=1S/C22H27N3O/c1-12-6-7-18(8-13(12)2)25-15(4)20-19-9-14(3)22(26-19)21(20)17-10-23-16(5)24-11-17/h6-8,10-11,14,19-22,25H,4,9H2,1-3,5H3. The number of hydrogen-bond acceptors (Lipinski definition) is 4. The van der Waals surface area contributed by atoms with Crippen LogP contribution >= 0.6 is 0 Å². The van der Waals surface area contributed by atoms with Crippen LogP contribution in [0.25, 0.3) is 0 Å². The normalized spacial score (nSPS) is 29.8. The molecule has 136 valence electrons. The van der Waals surface area contributed by atoms with Gasteiger partial charge in [-0.1, -0.05) is 19.6 Å². The summed E-state index contributed by atoms with van der Waals surface area (Å²) in [5, 5.41) is 3.55. The fraction of sp³-hybridized carbons (Fsp3) is 0.455. The Hall–Kier alpha value is -2.20. The van der Waals surface area contributed by atoms with E-state index in [-0.39, 0.29) is 24.0 Å². The van der Waals surface area contributed by atoms with Gasteiger partial charge >= 0.3 is 0 Å². The number of nitrogens with one attached hydrogen (secondary N) is 1. The highest BCUT2D eigenvalue weighted by molar-refractivity contribution is 5.52. The third kappa shape index (κ3) is 2.92. The van der Waals surface area contributed by atoms with E-state index in [1.165, 1.54) is 11.1 Å². The molecule has 5 atom stereocenters. The van der Waals surface area contributed by atoms with Crippen LogP contribution in [-0.4, -0.2) is 22.2 Å². The van der Waals surface area contributed by atoms with E-state index in [1.54, 1.807) is 0 Å². The van der Waals surface area contributed by atoms with Crippen molar-refractivity contribution in [1.82, 2.24) is 9.97 Å². The number of anilines is 1. The minimum absolute atomic E-state index is 0.216. The molecule has 0 aliphatic carbocycles. The summed E-state index contributed by atoms with van der Waals surface area (Å²) >= 11 is 0. The van der Waals surface area contributed by atoms with Crippen molar-refractivity contribution in [1.29, 1.82) is 0 Å². The number of ether oxygens (including phenoxy) is 1. The van der Waals surface area contributed by atoms with E-state index in [0.717, 1.165) is 29.2 Å². The number of benzene rings is 1. The van der Waals surface area contributed by atoms with Crippen molar-refractivity contribution in [2.75, 3.05) is 5.32 Å². The first-order valence-electron chi connectivity index (χ1n) is 9.41. The molecule has 2 aromatic rings. The van der Waals surface area contributed by atoms with Gasteiger partial charge in [0.05, 0.1) is 12.2 Å². The van der Waals surface area contributed by atoms with Crippen molar-refractivity contribution in [3.63, 3.8) is 0 Å². The largest absolute Gasteiger partial charge is 0.373 e. The fourth-order valence-electron chi connectivity index (χ4n) is 4.50. The van der Waals surface area contributed by atoms with Crippen LogP contribution in [0, 0.1) is 32.6 Å². The number of fused-ring (bicyclic) bond motifs is 2. The first-order chi connectivity index (χ1) is 12.4. The summed E-state index contributed by atoms with van der Waals surface area (Å²) in [6.07, 6.45) is 5.44. The monoisotopic (exact) mass is 349 g/mol.